The normalized spacial score (nSPS) is 16.8. The van der Waals surface area contributed by atoms with Crippen molar-refractivity contribution in [3.05, 3.63) is 18.2 Å². The van der Waals surface area contributed by atoms with Crippen LogP contribution in [0, 0.1) is 11.8 Å². The first-order valence-electron chi connectivity index (χ1n) is 6.20. The summed E-state index contributed by atoms with van der Waals surface area (Å²) < 4.78 is 0. The van der Waals surface area contributed by atoms with Gasteiger partial charge in [-0.25, -0.2) is 9.78 Å². The Morgan fingerprint density at radius 1 is 1.63 bits per heavy atom. The number of urea groups is 1. The van der Waals surface area contributed by atoms with E-state index in [9.17, 15) is 9.59 Å². The molecule has 2 amide bonds. The van der Waals surface area contributed by atoms with Gasteiger partial charge in [0.2, 0.25) is 0 Å². The first-order valence-corrected chi connectivity index (χ1v) is 6.20. The summed E-state index contributed by atoms with van der Waals surface area (Å²) in [5.41, 5.74) is 0. The van der Waals surface area contributed by atoms with Crippen LogP contribution in [0.25, 0.3) is 0 Å². The van der Waals surface area contributed by atoms with E-state index in [1.54, 1.807) is 36.2 Å². The predicted octanol–water partition coefficient (Wildman–Crippen LogP) is 0.614. The lowest BCUT2D eigenvalue weighted by Gasteiger charge is -2.42. The van der Waals surface area contributed by atoms with Crippen molar-refractivity contribution in [3.63, 3.8) is 0 Å². The highest BCUT2D eigenvalue weighted by Crippen LogP contribution is 2.25. The Hall–Kier alpha value is -2.05. The summed E-state index contributed by atoms with van der Waals surface area (Å²) in [4.78, 5) is 33.1. The zero-order chi connectivity index (χ0) is 14.0. The zero-order valence-corrected chi connectivity index (χ0v) is 11.0. The standard InChI is InChI=1S/C12H18N4O3/c1-8(11(17)18)9-5-16(6-9)12(19)15(2)7-10-13-3-4-14-10/h3-4,8-9H,5-7H2,1-2H3,(H,13,14)(H,17,18). The Morgan fingerprint density at radius 2 is 2.32 bits per heavy atom. The number of aliphatic carboxylic acids is 1. The Labute approximate surface area is 111 Å². The van der Waals surface area contributed by atoms with Gasteiger partial charge in [0.25, 0.3) is 0 Å². The van der Waals surface area contributed by atoms with E-state index in [1.807, 2.05) is 0 Å². The molecule has 1 fully saturated rings. The van der Waals surface area contributed by atoms with E-state index in [0.717, 1.165) is 5.82 Å². The lowest BCUT2D eigenvalue weighted by molar-refractivity contribution is -0.144. The summed E-state index contributed by atoms with van der Waals surface area (Å²) in [7, 11) is 1.71. The van der Waals surface area contributed by atoms with Crippen molar-refractivity contribution >= 4 is 12.0 Å². The summed E-state index contributed by atoms with van der Waals surface area (Å²) in [6, 6.07) is -0.0924. The van der Waals surface area contributed by atoms with Gasteiger partial charge in [0.05, 0.1) is 12.5 Å². The molecular formula is C12H18N4O3. The van der Waals surface area contributed by atoms with Gasteiger partial charge in [0.15, 0.2) is 0 Å². The van der Waals surface area contributed by atoms with Gasteiger partial charge in [0, 0.05) is 38.4 Å². The van der Waals surface area contributed by atoms with Crippen LogP contribution < -0.4 is 0 Å². The fourth-order valence-electron chi connectivity index (χ4n) is 2.10. The van der Waals surface area contributed by atoms with Crippen molar-refractivity contribution in [2.75, 3.05) is 20.1 Å². The second kappa shape index (κ2) is 5.29. The third kappa shape index (κ3) is 2.86. The summed E-state index contributed by atoms with van der Waals surface area (Å²) in [5.74, 6) is -0.425. The van der Waals surface area contributed by atoms with E-state index in [2.05, 4.69) is 9.97 Å². The van der Waals surface area contributed by atoms with Gasteiger partial charge in [-0.1, -0.05) is 6.92 Å². The van der Waals surface area contributed by atoms with Crippen LogP contribution in [-0.4, -0.2) is 57.0 Å². The molecule has 0 aliphatic carbocycles. The average molecular weight is 266 g/mol. The number of carboxylic acid groups (broad SMARTS) is 1. The number of imidazole rings is 1. The number of hydrogen-bond acceptors (Lipinski definition) is 3. The first kappa shape index (κ1) is 13.4. The number of likely N-dealkylation sites (tertiary alicyclic amines) is 1. The Kier molecular flexibility index (Phi) is 3.73. The van der Waals surface area contributed by atoms with Crippen molar-refractivity contribution in [2.24, 2.45) is 11.8 Å². The van der Waals surface area contributed by atoms with E-state index < -0.39 is 11.9 Å². The highest BCUT2D eigenvalue weighted by Gasteiger charge is 2.38. The predicted molar refractivity (Wildman–Crippen MR) is 67.3 cm³/mol. The van der Waals surface area contributed by atoms with Gasteiger partial charge in [0.1, 0.15) is 5.82 Å². The third-order valence-corrected chi connectivity index (χ3v) is 3.55. The summed E-state index contributed by atoms with van der Waals surface area (Å²) in [6.45, 7) is 3.12. The van der Waals surface area contributed by atoms with Crippen molar-refractivity contribution < 1.29 is 14.7 Å². The maximum atomic E-state index is 12.1. The molecule has 1 aliphatic rings. The number of amides is 2. The van der Waals surface area contributed by atoms with Crippen LogP contribution in [0.2, 0.25) is 0 Å². The second-order valence-electron chi connectivity index (χ2n) is 4.97. The fourth-order valence-corrected chi connectivity index (χ4v) is 2.10. The third-order valence-electron chi connectivity index (χ3n) is 3.55. The summed E-state index contributed by atoms with van der Waals surface area (Å²) in [6.07, 6.45) is 3.35. The fraction of sp³-hybridized carbons (Fsp3) is 0.583. The van der Waals surface area contributed by atoms with Crippen molar-refractivity contribution in [2.45, 2.75) is 13.5 Å². The molecule has 0 bridgehead atoms. The van der Waals surface area contributed by atoms with Crippen LogP contribution >= 0.6 is 0 Å². The van der Waals surface area contributed by atoms with Crippen molar-refractivity contribution in [3.8, 4) is 0 Å². The number of carbonyl (C=O) groups excluding carboxylic acids is 1. The largest absolute Gasteiger partial charge is 0.481 e. The number of aromatic amines is 1. The monoisotopic (exact) mass is 266 g/mol. The molecule has 2 heterocycles. The molecule has 0 radical (unpaired) electrons. The number of rotatable bonds is 4. The van der Waals surface area contributed by atoms with Gasteiger partial charge >= 0.3 is 12.0 Å². The molecule has 1 aromatic rings. The topological polar surface area (TPSA) is 89.5 Å². The lowest BCUT2D eigenvalue weighted by atomic mass is 9.87. The lowest BCUT2D eigenvalue weighted by Crippen LogP contribution is -2.56. The maximum absolute atomic E-state index is 12.1. The van der Waals surface area contributed by atoms with Gasteiger partial charge in [-0.3, -0.25) is 4.79 Å². The van der Waals surface area contributed by atoms with Gasteiger partial charge in [-0.15, -0.1) is 0 Å². The molecular weight excluding hydrogens is 248 g/mol. The maximum Gasteiger partial charge on any atom is 0.320 e. The van der Waals surface area contributed by atoms with E-state index >= 15 is 0 Å². The highest BCUT2D eigenvalue weighted by molar-refractivity contribution is 5.76. The molecule has 1 aromatic heterocycles. The number of carbonyl (C=O) groups is 2. The van der Waals surface area contributed by atoms with Gasteiger partial charge in [-0.2, -0.15) is 0 Å². The number of carboxylic acids is 1. The number of nitrogens with zero attached hydrogens (tertiary/aromatic N) is 3. The molecule has 19 heavy (non-hydrogen) atoms. The van der Waals surface area contributed by atoms with E-state index in [4.69, 9.17) is 5.11 Å². The molecule has 0 saturated carbocycles. The molecule has 1 aliphatic heterocycles. The Bertz CT molecular complexity index is 454. The molecule has 1 atom stereocenters. The quantitative estimate of drug-likeness (QED) is 0.835. The SMILES string of the molecule is CC(C(=O)O)C1CN(C(=O)N(C)Cc2ncc[nH]2)C1. The Morgan fingerprint density at radius 3 is 2.84 bits per heavy atom. The van der Waals surface area contributed by atoms with Crippen molar-refractivity contribution in [1.29, 1.82) is 0 Å². The average Bonchev–Trinajstić information content (AvgIpc) is 2.79. The Balaban J connectivity index is 1.81. The molecule has 104 valence electrons. The van der Waals surface area contributed by atoms with Crippen molar-refractivity contribution in [1.82, 2.24) is 19.8 Å². The van der Waals surface area contributed by atoms with Gasteiger partial charge < -0.3 is 19.9 Å². The first-order chi connectivity index (χ1) is 8.99. The van der Waals surface area contributed by atoms with Crippen LogP contribution in [-0.2, 0) is 11.3 Å². The molecule has 0 aromatic carbocycles. The van der Waals surface area contributed by atoms with Gasteiger partial charge in [-0.05, 0) is 0 Å². The summed E-state index contributed by atoms with van der Waals surface area (Å²) in [5, 5.41) is 8.90. The number of aromatic nitrogens is 2. The van der Waals surface area contributed by atoms with E-state index in [1.165, 1.54) is 0 Å². The smallest absolute Gasteiger partial charge is 0.320 e. The number of hydrogen-bond donors (Lipinski definition) is 2. The van der Waals surface area contributed by atoms with E-state index in [-0.39, 0.29) is 11.9 Å². The molecule has 2 N–H and O–H groups in total. The van der Waals surface area contributed by atoms with Crippen LogP contribution in [0.4, 0.5) is 4.79 Å². The molecule has 0 spiro atoms. The molecule has 1 saturated heterocycles. The highest BCUT2D eigenvalue weighted by atomic mass is 16.4. The minimum atomic E-state index is -0.805. The number of nitrogens with one attached hydrogen (secondary N) is 1. The minimum Gasteiger partial charge on any atom is -0.481 e. The molecule has 1 unspecified atom stereocenters. The molecule has 7 heteroatoms. The molecule has 2 rings (SSSR count). The van der Waals surface area contributed by atoms with Crippen LogP contribution in [0.5, 0.6) is 0 Å². The molecule has 7 nitrogen and oxygen atoms in total. The number of H-pyrrole nitrogens is 1. The minimum absolute atomic E-state index is 0.0541. The van der Waals surface area contributed by atoms with Crippen LogP contribution in [0.15, 0.2) is 12.4 Å². The second-order valence-corrected chi connectivity index (χ2v) is 4.97. The van der Waals surface area contributed by atoms with Crippen LogP contribution in [0.1, 0.15) is 12.7 Å². The van der Waals surface area contributed by atoms with Crippen LogP contribution in [0.3, 0.4) is 0 Å². The van der Waals surface area contributed by atoms with E-state index in [0.29, 0.717) is 19.6 Å². The summed E-state index contributed by atoms with van der Waals surface area (Å²) >= 11 is 0. The zero-order valence-electron chi connectivity index (χ0n) is 11.0.